The number of phenols is 1. The minimum Gasteiger partial charge on any atom is -0.506 e. The first kappa shape index (κ1) is 27.3. The van der Waals surface area contributed by atoms with Crippen molar-refractivity contribution < 1.29 is 20.1 Å². The largest absolute Gasteiger partial charge is 0.506 e. The molecule has 0 radical (unpaired) electrons. The highest BCUT2D eigenvalue weighted by molar-refractivity contribution is 5.87. The van der Waals surface area contributed by atoms with Crippen LogP contribution in [0.1, 0.15) is 43.9 Å². The number of piperidine rings is 1. The second-order valence-corrected chi connectivity index (χ2v) is 10.8. The standard InChI is InChI=1S/C29H39N3O5/c1-28(2,18-21-6-4-3-5-7-21)37-17-16-32-14-12-29(36,13-15-32)20-30-19-25(34)22-8-10-24(33)27-23(22)9-11-26(35)31-27/h3-11,25,30,33-34,36H,12-20H2,1-2H3,(H,31,35)/t25-/m0/s1. The molecule has 2 heterocycles. The van der Waals surface area contributed by atoms with E-state index in [-0.39, 0.29) is 23.5 Å². The number of nitrogens with one attached hydrogen (secondary N) is 2. The average Bonchev–Trinajstić information content (AvgIpc) is 2.86. The molecule has 37 heavy (non-hydrogen) atoms. The van der Waals surface area contributed by atoms with Crippen molar-refractivity contribution in [2.45, 2.75) is 50.4 Å². The second kappa shape index (κ2) is 11.8. The van der Waals surface area contributed by atoms with Gasteiger partial charge >= 0.3 is 0 Å². The average molecular weight is 510 g/mol. The molecule has 0 aliphatic carbocycles. The number of pyridine rings is 1. The lowest BCUT2D eigenvalue weighted by Crippen LogP contribution is -2.51. The van der Waals surface area contributed by atoms with Crippen molar-refractivity contribution in [1.82, 2.24) is 15.2 Å². The first-order valence-corrected chi connectivity index (χ1v) is 13.0. The van der Waals surface area contributed by atoms with Gasteiger partial charge < -0.3 is 35.3 Å². The number of phenolic OH excluding ortho intramolecular Hbond substituents is 1. The van der Waals surface area contributed by atoms with Crippen LogP contribution in [0.5, 0.6) is 5.75 Å². The van der Waals surface area contributed by atoms with Crippen molar-refractivity contribution in [2.75, 3.05) is 39.3 Å². The number of H-pyrrole nitrogens is 1. The van der Waals surface area contributed by atoms with Crippen LogP contribution in [0.3, 0.4) is 0 Å². The van der Waals surface area contributed by atoms with Gasteiger partial charge in [-0.15, -0.1) is 0 Å². The molecule has 1 aromatic heterocycles. The summed E-state index contributed by atoms with van der Waals surface area (Å²) in [5, 5.41) is 35.7. The molecule has 1 atom stereocenters. The minimum atomic E-state index is -0.853. The monoisotopic (exact) mass is 509 g/mol. The Balaban J connectivity index is 1.20. The summed E-state index contributed by atoms with van der Waals surface area (Å²) in [4.78, 5) is 16.6. The van der Waals surface area contributed by atoms with Gasteiger partial charge in [-0.3, -0.25) is 4.79 Å². The first-order valence-electron chi connectivity index (χ1n) is 13.0. The van der Waals surface area contributed by atoms with Crippen LogP contribution in [0.2, 0.25) is 0 Å². The van der Waals surface area contributed by atoms with E-state index < -0.39 is 11.7 Å². The number of hydrogen-bond donors (Lipinski definition) is 5. The van der Waals surface area contributed by atoms with E-state index >= 15 is 0 Å². The summed E-state index contributed by atoms with van der Waals surface area (Å²) in [6, 6.07) is 16.5. The number of aromatic amines is 1. The molecule has 200 valence electrons. The lowest BCUT2D eigenvalue weighted by atomic mass is 9.91. The molecule has 1 saturated heterocycles. The van der Waals surface area contributed by atoms with Gasteiger partial charge in [0.25, 0.3) is 0 Å². The van der Waals surface area contributed by atoms with Gasteiger partial charge in [-0.25, -0.2) is 0 Å². The van der Waals surface area contributed by atoms with Gasteiger partial charge in [0.2, 0.25) is 5.56 Å². The normalized spacial score (nSPS) is 17.2. The van der Waals surface area contributed by atoms with E-state index in [1.54, 1.807) is 12.1 Å². The van der Waals surface area contributed by atoms with Crippen molar-refractivity contribution in [3.63, 3.8) is 0 Å². The van der Waals surface area contributed by atoms with E-state index in [1.165, 1.54) is 17.7 Å². The Kier molecular flexibility index (Phi) is 8.67. The number of ether oxygens (including phenoxy) is 1. The molecule has 3 aromatic rings. The van der Waals surface area contributed by atoms with E-state index in [2.05, 4.69) is 41.2 Å². The number of aromatic hydroxyl groups is 1. The molecule has 5 N–H and O–H groups in total. The van der Waals surface area contributed by atoms with Gasteiger partial charge in [-0.1, -0.05) is 36.4 Å². The molecular weight excluding hydrogens is 470 g/mol. The van der Waals surface area contributed by atoms with E-state index in [4.69, 9.17) is 4.74 Å². The third-order valence-electron chi connectivity index (χ3n) is 7.22. The van der Waals surface area contributed by atoms with Gasteiger partial charge in [0, 0.05) is 50.6 Å². The fraction of sp³-hybridized carbons (Fsp3) is 0.483. The Labute approximate surface area is 217 Å². The third-order valence-corrected chi connectivity index (χ3v) is 7.22. The molecule has 4 rings (SSSR count). The number of aliphatic hydroxyl groups excluding tert-OH is 1. The zero-order chi connectivity index (χ0) is 26.5. The highest BCUT2D eigenvalue weighted by Crippen LogP contribution is 2.29. The van der Waals surface area contributed by atoms with Crippen LogP contribution in [0, 0.1) is 0 Å². The van der Waals surface area contributed by atoms with Crippen LogP contribution < -0.4 is 10.9 Å². The minimum absolute atomic E-state index is 0.0390. The summed E-state index contributed by atoms with van der Waals surface area (Å²) in [6.45, 7) is 7.93. The molecule has 0 saturated carbocycles. The Bertz CT molecular complexity index is 1220. The highest BCUT2D eigenvalue weighted by Gasteiger charge is 2.32. The Morgan fingerprint density at radius 2 is 1.84 bits per heavy atom. The van der Waals surface area contributed by atoms with Gasteiger partial charge in [0.15, 0.2) is 0 Å². The van der Waals surface area contributed by atoms with E-state index in [0.717, 1.165) is 26.1 Å². The molecule has 8 heteroatoms. The Morgan fingerprint density at radius 1 is 1.11 bits per heavy atom. The summed E-state index contributed by atoms with van der Waals surface area (Å²) in [6.07, 6.45) is 1.30. The van der Waals surface area contributed by atoms with Crippen molar-refractivity contribution in [2.24, 2.45) is 0 Å². The number of aromatic nitrogens is 1. The van der Waals surface area contributed by atoms with Gasteiger partial charge in [0.05, 0.1) is 29.4 Å². The number of hydrogen-bond acceptors (Lipinski definition) is 7. The number of aliphatic hydroxyl groups is 2. The smallest absolute Gasteiger partial charge is 0.248 e. The lowest BCUT2D eigenvalue weighted by Gasteiger charge is -2.39. The fourth-order valence-corrected chi connectivity index (χ4v) is 5.06. The molecule has 8 nitrogen and oxygen atoms in total. The van der Waals surface area contributed by atoms with Crippen molar-refractivity contribution in [1.29, 1.82) is 0 Å². The molecule has 2 aromatic carbocycles. The topological polar surface area (TPSA) is 118 Å². The van der Waals surface area contributed by atoms with Crippen molar-refractivity contribution in [3.8, 4) is 5.75 Å². The van der Waals surface area contributed by atoms with Crippen molar-refractivity contribution in [3.05, 3.63) is 76.1 Å². The number of rotatable bonds is 11. The Morgan fingerprint density at radius 3 is 2.57 bits per heavy atom. The molecule has 1 fully saturated rings. The number of nitrogens with zero attached hydrogens (tertiary/aromatic N) is 1. The molecular formula is C29H39N3O5. The zero-order valence-corrected chi connectivity index (χ0v) is 21.7. The molecule has 0 spiro atoms. The molecule has 1 aliphatic rings. The summed E-state index contributed by atoms with van der Waals surface area (Å²) >= 11 is 0. The van der Waals surface area contributed by atoms with Crippen LogP contribution in [0.15, 0.2) is 59.4 Å². The van der Waals surface area contributed by atoms with Crippen molar-refractivity contribution >= 4 is 10.9 Å². The SMILES string of the molecule is CC(C)(Cc1ccccc1)OCCN1CCC(O)(CNC[C@H](O)c2ccc(O)c3[nH]c(=O)ccc23)CC1. The van der Waals surface area contributed by atoms with Crippen LogP contribution in [0.4, 0.5) is 0 Å². The summed E-state index contributed by atoms with van der Waals surface area (Å²) in [5.41, 5.74) is 0.799. The Hall–Kier alpha value is -2.75. The van der Waals surface area contributed by atoms with Crippen LogP contribution in [-0.2, 0) is 11.2 Å². The molecule has 0 unspecified atom stereocenters. The van der Waals surface area contributed by atoms with E-state index in [0.29, 0.717) is 42.5 Å². The van der Waals surface area contributed by atoms with Gasteiger partial charge in [-0.05, 0) is 49.9 Å². The summed E-state index contributed by atoms with van der Waals surface area (Å²) < 4.78 is 6.19. The summed E-state index contributed by atoms with van der Waals surface area (Å²) in [5.74, 6) is -0.0390. The molecule has 0 amide bonds. The number of benzene rings is 2. The lowest BCUT2D eigenvalue weighted by molar-refractivity contribution is -0.0490. The van der Waals surface area contributed by atoms with E-state index in [1.807, 2.05) is 18.2 Å². The van der Waals surface area contributed by atoms with Gasteiger partial charge in [0.1, 0.15) is 5.75 Å². The predicted molar refractivity (Wildman–Crippen MR) is 145 cm³/mol. The van der Waals surface area contributed by atoms with Crippen LogP contribution in [0.25, 0.3) is 10.9 Å². The maximum Gasteiger partial charge on any atom is 0.248 e. The highest BCUT2D eigenvalue weighted by atomic mass is 16.5. The van der Waals surface area contributed by atoms with E-state index in [9.17, 15) is 20.1 Å². The first-order chi connectivity index (χ1) is 17.6. The van der Waals surface area contributed by atoms with Crippen LogP contribution >= 0.6 is 0 Å². The molecule has 0 bridgehead atoms. The fourth-order valence-electron chi connectivity index (χ4n) is 5.06. The summed E-state index contributed by atoms with van der Waals surface area (Å²) in [7, 11) is 0. The number of fused-ring (bicyclic) bond motifs is 1. The van der Waals surface area contributed by atoms with Gasteiger partial charge in [-0.2, -0.15) is 0 Å². The quantitative estimate of drug-likeness (QED) is 0.270. The third kappa shape index (κ3) is 7.40. The predicted octanol–water partition coefficient (Wildman–Crippen LogP) is 2.72. The van der Waals surface area contributed by atoms with Crippen LogP contribution in [-0.4, -0.2) is 75.7 Å². The maximum absolute atomic E-state index is 11.6. The number of likely N-dealkylation sites (tertiary alicyclic amines) is 1. The second-order valence-electron chi connectivity index (χ2n) is 10.8. The molecule has 1 aliphatic heterocycles. The maximum atomic E-state index is 11.6. The zero-order valence-electron chi connectivity index (χ0n) is 21.7.